The maximum absolute atomic E-state index is 13.3. The quantitative estimate of drug-likeness (QED) is 0.310. The standard InChI is InChI=1S/C27H29N3O3S/c1-18(9-10-19-11-13-21(33-2)14-12-19)29-26(31)24(30-27(32)25-8-5-15-34-25)16-20-17-28-23-7-4-3-6-22(20)23/h3-8,11-15,17-18,24,28H,9-10,16H2,1-2H3,(H,29,31)(H,30,32). The van der Waals surface area contributed by atoms with Crippen molar-refractivity contribution in [3.05, 3.63) is 88.2 Å². The third-order valence-electron chi connectivity index (χ3n) is 5.88. The van der Waals surface area contributed by atoms with Crippen LogP contribution >= 0.6 is 11.3 Å². The van der Waals surface area contributed by atoms with Gasteiger partial charge in [-0.1, -0.05) is 36.4 Å². The first kappa shape index (κ1) is 23.6. The topological polar surface area (TPSA) is 83.2 Å². The Bertz CT molecular complexity index is 1230. The van der Waals surface area contributed by atoms with E-state index in [1.54, 1.807) is 13.2 Å². The summed E-state index contributed by atoms with van der Waals surface area (Å²) in [6.07, 6.45) is 3.93. The van der Waals surface area contributed by atoms with E-state index in [0.717, 1.165) is 35.1 Å². The highest BCUT2D eigenvalue weighted by Crippen LogP contribution is 2.20. The van der Waals surface area contributed by atoms with Crippen LogP contribution in [-0.4, -0.2) is 36.0 Å². The number of nitrogens with one attached hydrogen (secondary N) is 3. The van der Waals surface area contributed by atoms with Crippen LogP contribution in [0.2, 0.25) is 0 Å². The van der Waals surface area contributed by atoms with Gasteiger partial charge in [-0.3, -0.25) is 9.59 Å². The van der Waals surface area contributed by atoms with Crippen molar-refractivity contribution in [3.63, 3.8) is 0 Å². The van der Waals surface area contributed by atoms with Gasteiger partial charge in [-0.2, -0.15) is 0 Å². The molecule has 2 amide bonds. The van der Waals surface area contributed by atoms with Gasteiger partial charge in [0.05, 0.1) is 12.0 Å². The number of rotatable bonds is 10. The first-order chi connectivity index (χ1) is 16.5. The molecule has 4 rings (SSSR count). The number of carbonyl (C=O) groups excluding carboxylic acids is 2. The maximum atomic E-state index is 13.3. The first-order valence-electron chi connectivity index (χ1n) is 11.4. The second-order valence-corrected chi connectivity index (χ2v) is 9.31. The van der Waals surface area contributed by atoms with Gasteiger partial charge < -0.3 is 20.4 Å². The lowest BCUT2D eigenvalue weighted by Gasteiger charge is -2.21. The summed E-state index contributed by atoms with van der Waals surface area (Å²) in [5.74, 6) is 0.407. The predicted molar refractivity (Wildman–Crippen MR) is 136 cm³/mol. The third kappa shape index (κ3) is 5.85. The van der Waals surface area contributed by atoms with Gasteiger partial charge in [0, 0.05) is 29.6 Å². The maximum Gasteiger partial charge on any atom is 0.262 e. The Morgan fingerprint density at radius 1 is 1.03 bits per heavy atom. The monoisotopic (exact) mass is 475 g/mol. The highest BCUT2D eigenvalue weighted by molar-refractivity contribution is 7.12. The van der Waals surface area contributed by atoms with Gasteiger partial charge in [-0.25, -0.2) is 0 Å². The van der Waals surface area contributed by atoms with Crippen molar-refractivity contribution >= 4 is 34.1 Å². The number of aromatic amines is 1. The zero-order chi connectivity index (χ0) is 23.9. The number of H-pyrrole nitrogens is 1. The predicted octanol–water partition coefficient (Wildman–Crippen LogP) is 4.72. The summed E-state index contributed by atoms with van der Waals surface area (Å²) in [5.41, 5.74) is 3.19. The minimum atomic E-state index is -0.683. The number of para-hydroxylation sites is 1. The highest BCUT2D eigenvalue weighted by Gasteiger charge is 2.24. The summed E-state index contributed by atoms with van der Waals surface area (Å²) >= 11 is 1.36. The minimum Gasteiger partial charge on any atom is -0.497 e. The molecular formula is C27H29N3O3S. The van der Waals surface area contributed by atoms with Crippen LogP contribution in [0, 0.1) is 0 Å². The Balaban J connectivity index is 1.43. The van der Waals surface area contributed by atoms with Crippen LogP contribution in [-0.2, 0) is 17.6 Å². The molecule has 2 aromatic heterocycles. The number of aromatic nitrogens is 1. The molecule has 0 radical (unpaired) electrons. The summed E-state index contributed by atoms with van der Waals surface area (Å²) < 4.78 is 5.21. The Kier molecular flexibility index (Phi) is 7.65. The molecule has 2 aromatic carbocycles. The molecule has 34 heavy (non-hydrogen) atoms. The molecule has 4 aromatic rings. The minimum absolute atomic E-state index is 0.0429. The van der Waals surface area contributed by atoms with E-state index in [-0.39, 0.29) is 17.9 Å². The van der Waals surface area contributed by atoms with Crippen LogP contribution < -0.4 is 15.4 Å². The van der Waals surface area contributed by atoms with E-state index in [1.807, 2.05) is 73.1 Å². The molecule has 0 saturated carbocycles. The zero-order valence-electron chi connectivity index (χ0n) is 19.3. The van der Waals surface area contributed by atoms with Crippen molar-refractivity contribution in [3.8, 4) is 5.75 Å². The largest absolute Gasteiger partial charge is 0.497 e. The lowest BCUT2D eigenvalue weighted by Crippen LogP contribution is -2.50. The van der Waals surface area contributed by atoms with Crippen molar-refractivity contribution in [1.29, 1.82) is 0 Å². The number of amides is 2. The molecule has 0 saturated heterocycles. The summed E-state index contributed by atoms with van der Waals surface area (Å²) in [4.78, 5) is 29.9. The fourth-order valence-electron chi connectivity index (χ4n) is 3.96. The molecule has 2 unspecified atom stereocenters. The van der Waals surface area contributed by atoms with Gasteiger partial charge in [0.2, 0.25) is 5.91 Å². The van der Waals surface area contributed by atoms with Crippen molar-refractivity contribution in [1.82, 2.24) is 15.6 Å². The van der Waals surface area contributed by atoms with E-state index in [1.165, 1.54) is 16.9 Å². The number of thiophene rings is 1. The van der Waals surface area contributed by atoms with Crippen molar-refractivity contribution in [2.45, 2.75) is 38.3 Å². The molecule has 0 aliphatic rings. The zero-order valence-corrected chi connectivity index (χ0v) is 20.2. The Labute approximate surface area is 203 Å². The molecule has 0 spiro atoms. The summed E-state index contributed by atoms with van der Waals surface area (Å²) in [5, 5.41) is 8.95. The van der Waals surface area contributed by atoms with Gasteiger partial charge >= 0.3 is 0 Å². The van der Waals surface area contributed by atoms with Crippen LogP contribution in [0.25, 0.3) is 10.9 Å². The van der Waals surface area contributed by atoms with Crippen LogP contribution in [0.5, 0.6) is 5.75 Å². The number of ether oxygens (including phenoxy) is 1. The lowest BCUT2D eigenvalue weighted by molar-refractivity contribution is -0.123. The van der Waals surface area contributed by atoms with E-state index in [9.17, 15) is 9.59 Å². The van der Waals surface area contributed by atoms with E-state index >= 15 is 0 Å². The first-order valence-corrected chi connectivity index (χ1v) is 12.2. The number of fused-ring (bicyclic) bond motifs is 1. The molecule has 6 nitrogen and oxygen atoms in total. The average molecular weight is 476 g/mol. The van der Waals surface area contributed by atoms with E-state index in [4.69, 9.17) is 4.74 Å². The highest BCUT2D eigenvalue weighted by atomic mass is 32.1. The molecule has 0 bridgehead atoms. The second-order valence-electron chi connectivity index (χ2n) is 8.36. The molecule has 2 heterocycles. The normalized spacial score (nSPS) is 12.8. The molecule has 2 atom stereocenters. The average Bonchev–Trinajstić information content (AvgIpc) is 3.53. The molecule has 7 heteroatoms. The fourth-order valence-corrected chi connectivity index (χ4v) is 4.58. The summed E-state index contributed by atoms with van der Waals surface area (Å²) in [7, 11) is 1.65. The molecule has 0 aliphatic heterocycles. The van der Waals surface area contributed by atoms with Gasteiger partial charge in [0.1, 0.15) is 11.8 Å². The SMILES string of the molecule is COc1ccc(CCC(C)NC(=O)C(Cc2c[nH]c3ccccc23)NC(=O)c2cccs2)cc1. The number of carbonyl (C=O) groups is 2. The number of methoxy groups -OCH3 is 1. The third-order valence-corrected chi connectivity index (χ3v) is 6.75. The Hall–Kier alpha value is -3.58. The molecular weight excluding hydrogens is 446 g/mol. The van der Waals surface area contributed by atoms with E-state index in [0.29, 0.717) is 11.3 Å². The molecule has 176 valence electrons. The van der Waals surface area contributed by atoms with E-state index < -0.39 is 6.04 Å². The van der Waals surface area contributed by atoms with Crippen molar-refractivity contribution in [2.75, 3.05) is 7.11 Å². The summed E-state index contributed by atoms with van der Waals surface area (Å²) in [6, 6.07) is 18.8. The number of benzene rings is 2. The van der Waals surface area contributed by atoms with Gasteiger partial charge in [-0.05, 0) is 60.5 Å². The molecule has 3 N–H and O–H groups in total. The van der Waals surface area contributed by atoms with Gasteiger partial charge in [0.25, 0.3) is 5.91 Å². The van der Waals surface area contributed by atoms with Crippen LogP contribution in [0.4, 0.5) is 0 Å². The smallest absolute Gasteiger partial charge is 0.262 e. The van der Waals surface area contributed by atoms with Crippen molar-refractivity contribution < 1.29 is 14.3 Å². The number of hydrogen-bond acceptors (Lipinski definition) is 4. The Morgan fingerprint density at radius 2 is 1.82 bits per heavy atom. The Morgan fingerprint density at radius 3 is 2.56 bits per heavy atom. The van der Waals surface area contributed by atoms with Crippen molar-refractivity contribution in [2.24, 2.45) is 0 Å². The number of aryl methyl sites for hydroxylation is 1. The van der Waals surface area contributed by atoms with Crippen LogP contribution in [0.3, 0.4) is 0 Å². The van der Waals surface area contributed by atoms with E-state index in [2.05, 4.69) is 15.6 Å². The van der Waals surface area contributed by atoms with Gasteiger partial charge in [0.15, 0.2) is 0 Å². The number of hydrogen-bond donors (Lipinski definition) is 3. The molecule has 0 aliphatic carbocycles. The van der Waals surface area contributed by atoms with Gasteiger partial charge in [-0.15, -0.1) is 11.3 Å². The summed E-state index contributed by atoms with van der Waals surface area (Å²) in [6.45, 7) is 1.99. The lowest BCUT2D eigenvalue weighted by atomic mass is 10.0. The second kappa shape index (κ2) is 11.0. The molecule has 0 fully saturated rings. The fraction of sp³-hybridized carbons (Fsp3) is 0.259. The van der Waals surface area contributed by atoms with Crippen LogP contribution in [0.1, 0.15) is 34.1 Å². The van der Waals surface area contributed by atoms with Crippen LogP contribution in [0.15, 0.2) is 72.2 Å².